The van der Waals surface area contributed by atoms with Crippen molar-refractivity contribution in [3.63, 3.8) is 0 Å². The fourth-order valence-electron chi connectivity index (χ4n) is 7.96. The van der Waals surface area contributed by atoms with Gasteiger partial charge in [-0.15, -0.1) is 0 Å². The first-order chi connectivity index (χ1) is 24.2. The third-order valence-corrected chi connectivity index (χ3v) is 11.0. The molecule has 260 valence electrons. The fourth-order valence-corrected chi connectivity index (χ4v) is 8.53. The van der Waals surface area contributed by atoms with Gasteiger partial charge in [0.1, 0.15) is 24.5 Å². The number of alkyl halides is 1. The second kappa shape index (κ2) is 14.4. The van der Waals surface area contributed by atoms with Crippen LogP contribution in [0.15, 0.2) is 60.8 Å². The van der Waals surface area contributed by atoms with Crippen molar-refractivity contribution in [1.29, 1.82) is 5.26 Å². The Balaban J connectivity index is 1.40. The van der Waals surface area contributed by atoms with E-state index in [1.807, 2.05) is 46.8 Å². The van der Waals surface area contributed by atoms with E-state index in [4.69, 9.17) is 38.0 Å². The number of likely N-dealkylation sites (N-methyl/N-ethyl adjacent to an activating group) is 1. The first-order valence-corrected chi connectivity index (χ1v) is 17.7. The number of benzene rings is 3. The Hall–Kier alpha value is -3.85. The van der Waals surface area contributed by atoms with Crippen LogP contribution in [0.1, 0.15) is 45.1 Å². The number of aliphatic hydroxyl groups is 1. The summed E-state index contributed by atoms with van der Waals surface area (Å²) in [7, 11) is 2.08. The number of hydrogen-bond donors (Lipinski definition) is 1. The minimum Gasteiger partial charge on any atom is -0.472 e. The van der Waals surface area contributed by atoms with E-state index in [1.54, 1.807) is 18.3 Å². The van der Waals surface area contributed by atoms with E-state index in [9.17, 15) is 14.8 Å². The lowest BCUT2D eigenvalue weighted by atomic mass is 9.94. The lowest BCUT2D eigenvalue weighted by Gasteiger charge is -2.40. The van der Waals surface area contributed by atoms with Crippen molar-refractivity contribution in [2.75, 3.05) is 26.8 Å². The van der Waals surface area contributed by atoms with Crippen LogP contribution in [0.4, 0.5) is 8.78 Å². The molecule has 1 N–H and O–H groups in total. The smallest absolute Gasteiger partial charge is 0.225 e. The van der Waals surface area contributed by atoms with Gasteiger partial charge in [0.25, 0.3) is 0 Å². The predicted molar refractivity (Wildman–Crippen MR) is 194 cm³/mol. The van der Waals surface area contributed by atoms with Gasteiger partial charge in [0.2, 0.25) is 5.88 Å². The highest BCUT2D eigenvalue weighted by molar-refractivity contribution is 6.38. The van der Waals surface area contributed by atoms with E-state index in [1.165, 1.54) is 12.2 Å². The maximum atomic E-state index is 17.2. The molecule has 50 heavy (non-hydrogen) atoms. The van der Waals surface area contributed by atoms with Crippen molar-refractivity contribution in [1.82, 2.24) is 24.6 Å². The van der Waals surface area contributed by atoms with E-state index < -0.39 is 18.7 Å². The molecule has 12 heteroatoms. The monoisotopic (exact) mass is 718 g/mol. The van der Waals surface area contributed by atoms with Crippen LogP contribution in [-0.2, 0) is 0 Å². The summed E-state index contributed by atoms with van der Waals surface area (Å²) in [5, 5.41) is 28.6. The Morgan fingerprint density at radius 2 is 1.94 bits per heavy atom. The van der Waals surface area contributed by atoms with Crippen molar-refractivity contribution in [2.24, 2.45) is 0 Å². The summed E-state index contributed by atoms with van der Waals surface area (Å²) in [4.78, 5) is 8.93. The number of ether oxygens (including phenoxy) is 1. The molecule has 4 heterocycles. The topological polar surface area (TPSA) is 90.4 Å². The van der Waals surface area contributed by atoms with Crippen LogP contribution in [0.25, 0.3) is 43.7 Å². The molecule has 2 saturated heterocycles. The van der Waals surface area contributed by atoms with Crippen LogP contribution in [-0.4, -0.2) is 80.9 Å². The summed E-state index contributed by atoms with van der Waals surface area (Å²) in [6, 6.07) is 14.8. The summed E-state index contributed by atoms with van der Waals surface area (Å²) in [5.74, 6) is -0.308. The number of halogens is 4. The summed E-state index contributed by atoms with van der Waals surface area (Å²) in [6.45, 7) is 2.74. The summed E-state index contributed by atoms with van der Waals surface area (Å²) < 4.78 is 38.5. The molecule has 2 aliphatic heterocycles. The molecule has 0 amide bonds. The summed E-state index contributed by atoms with van der Waals surface area (Å²) in [5.41, 5.74) is 1.49. The molecule has 0 spiro atoms. The SMILES string of the molecule is C[C@H](Oc1nc2c(F)c(-c3cccc4cccc(Cl)c34)c(Cl)cc2c2c1cnn2[C@H]1CCN(C(O)/C=C/CF)[C@H](CC#N)C1)[C@@H]1CCCN1C. The molecular weight excluding hydrogens is 681 g/mol. The highest BCUT2D eigenvalue weighted by atomic mass is 35.5. The minimum absolute atomic E-state index is 0.0995. The number of piperidine rings is 1. The van der Waals surface area contributed by atoms with Gasteiger partial charge in [0.05, 0.1) is 40.7 Å². The van der Waals surface area contributed by atoms with Crippen molar-refractivity contribution in [2.45, 2.75) is 69.5 Å². The number of nitrogens with zero attached hydrogens (tertiary/aromatic N) is 6. The van der Waals surface area contributed by atoms with Crippen molar-refractivity contribution >= 4 is 55.8 Å². The minimum atomic E-state index is -1.02. The van der Waals surface area contributed by atoms with E-state index in [-0.39, 0.29) is 52.6 Å². The second-order valence-electron chi connectivity index (χ2n) is 13.3. The number of allylic oxidation sites excluding steroid dienone is 1. The molecule has 0 aliphatic carbocycles. The standard InChI is InChI=1S/C38H38Cl2F2N6O2/c1-22(31-11-6-17-46(31)2)50-38-28-21-44-48(25-14-18-47(24(19-25)13-16-43)32(49)12-5-15-41)37(28)27-20-30(40)34(35(42)36(27)45-38)26-9-3-7-23-8-4-10-29(39)33(23)26/h3-5,7-10,12,20-22,24-25,31-32,49H,6,11,13-15,17-19H2,1-2H3/b12-5+/t22-,24+,25-,31-,32?/m0/s1. The van der Waals surface area contributed by atoms with Gasteiger partial charge in [-0.25, -0.2) is 13.8 Å². The predicted octanol–water partition coefficient (Wildman–Crippen LogP) is 8.48. The first-order valence-electron chi connectivity index (χ1n) is 17.0. The van der Waals surface area contributed by atoms with Crippen LogP contribution in [0.3, 0.4) is 0 Å². The van der Waals surface area contributed by atoms with Crippen LogP contribution in [0.5, 0.6) is 5.88 Å². The number of aliphatic hydroxyl groups excluding tert-OH is 1. The average Bonchev–Trinajstić information content (AvgIpc) is 3.75. The molecule has 5 aromatic rings. The maximum Gasteiger partial charge on any atom is 0.225 e. The van der Waals surface area contributed by atoms with Gasteiger partial charge in [-0.05, 0) is 75.4 Å². The number of pyridine rings is 1. The van der Waals surface area contributed by atoms with Gasteiger partial charge in [-0.2, -0.15) is 10.4 Å². The van der Waals surface area contributed by atoms with Gasteiger partial charge in [-0.3, -0.25) is 14.5 Å². The molecule has 0 radical (unpaired) electrons. The van der Waals surface area contributed by atoms with E-state index in [2.05, 4.69) is 18.0 Å². The van der Waals surface area contributed by atoms with E-state index >= 15 is 4.39 Å². The number of rotatable bonds is 9. The number of fused-ring (bicyclic) bond motifs is 4. The Labute approximate surface area is 299 Å². The third-order valence-electron chi connectivity index (χ3n) is 10.4. The average molecular weight is 720 g/mol. The maximum absolute atomic E-state index is 17.2. The van der Waals surface area contributed by atoms with E-state index in [0.717, 1.165) is 24.8 Å². The zero-order valence-electron chi connectivity index (χ0n) is 27.9. The summed E-state index contributed by atoms with van der Waals surface area (Å²) >= 11 is 13.7. The molecule has 0 saturated carbocycles. The van der Waals surface area contributed by atoms with Gasteiger partial charge in [0.15, 0.2) is 5.82 Å². The lowest BCUT2D eigenvalue weighted by molar-refractivity contribution is -0.0194. The first kappa shape index (κ1) is 34.6. The Morgan fingerprint density at radius 3 is 2.68 bits per heavy atom. The normalized spacial score (nSPS) is 21.8. The highest BCUT2D eigenvalue weighted by Crippen LogP contribution is 2.44. The third kappa shape index (κ3) is 6.20. The van der Waals surface area contributed by atoms with Gasteiger partial charge in [-0.1, -0.05) is 59.6 Å². The molecule has 0 bridgehead atoms. The highest BCUT2D eigenvalue weighted by Gasteiger charge is 2.35. The molecule has 2 fully saturated rings. The zero-order chi connectivity index (χ0) is 35.1. The molecular formula is C38H38Cl2F2N6O2. The number of nitriles is 1. The van der Waals surface area contributed by atoms with Crippen LogP contribution in [0, 0.1) is 17.1 Å². The van der Waals surface area contributed by atoms with Crippen LogP contribution >= 0.6 is 23.2 Å². The number of likely N-dealkylation sites (tertiary alicyclic amines) is 2. The number of aromatic nitrogens is 3. The van der Waals surface area contributed by atoms with Crippen molar-refractivity contribution < 1.29 is 18.6 Å². The fraction of sp³-hybridized carbons (Fsp3) is 0.395. The Kier molecular flexibility index (Phi) is 9.97. The quantitative estimate of drug-likeness (QED) is 0.153. The molecule has 2 aliphatic rings. The van der Waals surface area contributed by atoms with Gasteiger partial charge in [0, 0.05) is 40.0 Å². The Morgan fingerprint density at radius 1 is 1.14 bits per heavy atom. The molecule has 8 nitrogen and oxygen atoms in total. The van der Waals surface area contributed by atoms with Crippen LogP contribution in [0.2, 0.25) is 10.0 Å². The largest absolute Gasteiger partial charge is 0.472 e. The molecule has 5 atom stereocenters. The van der Waals surface area contributed by atoms with E-state index in [0.29, 0.717) is 51.6 Å². The van der Waals surface area contributed by atoms with Gasteiger partial charge >= 0.3 is 0 Å². The lowest BCUT2D eigenvalue weighted by Crippen LogP contribution is -2.48. The molecule has 3 aromatic carbocycles. The Bertz CT molecular complexity index is 2130. The van der Waals surface area contributed by atoms with Crippen LogP contribution < -0.4 is 4.74 Å². The second-order valence-corrected chi connectivity index (χ2v) is 14.1. The molecule has 7 rings (SSSR count). The summed E-state index contributed by atoms with van der Waals surface area (Å²) in [6.07, 6.45) is 6.40. The zero-order valence-corrected chi connectivity index (χ0v) is 29.4. The molecule has 2 aromatic heterocycles. The van der Waals surface area contributed by atoms with Crippen molar-refractivity contribution in [3.8, 4) is 23.1 Å². The molecule has 1 unspecified atom stereocenters. The van der Waals surface area contributed by atoms with Gasteiger partial charge < -0.3 is 9.84 Å². The van der Waals surface area contributed by atoms with Crippen molar-refractivity contribution in [3.05, 3.63) is 76.7 Å². The number of hydrogen-bond acceptors (Lipinski definition) is 7.